The first-order chi connectivity index (χ1) is 5.70. The van der Waals surface area contributed by atoms with Gasteiger partial charge in [-0.15, -0.1) is 0 Å². The molecule has 3 nitrogen and oxygen atoms in total. The molecule has 4 heteroatoms. The molecule has 1 heterocycles. The highest BCUT2D eigenvalue weighted by Gasteiger charge is 2.02. The molecule has 0 aromatic carbocycles. The van der Waals surface area contributed by atoms with E-state index in [4.69, 9.17) is 0 Å². The molecule has 0 fully saturated rings. The lowest BCUT2D eigenvalue weighted by Crippen LogP contribution is -2.19. The summed E-state index contributed by atoms with van der Waals surface area (Å²) in [6.07, 6.45) is 3.40. The van der Waals surface area contributed by atoms with Gasteiger partial charge in [-0.05, 0) is 17.7 Å². The summed E-state index contributed by atoms with van der Waals surface area (Å²) in [6, 6.07) is 3.74. The predicted molar refractivity (Wildman–Crippen MR) is 50.1 cm³/mol. The highest BCUT2D eigenvalue weighted by atomic mass is 32.1. The van der Waals surface area contributed by atoms with E-state index in [2.05, 4.69) is 17.6 Å². The van der Waals surface area contributed by atoms with Crippen LogP contribution in [0.5, 0.6) is 0 Å². The molecule has 0 aliphatic rings. The van der Waals surface area contributed by atoms with Gasteiger partial charge < -0.3 is 4.90 Å². The normalized spacial score (nSPS) is 9.50. The first-order valence-electron chi connectivity index (χ1n) is 3.53. The van der Waals surface area contributed by atoms with Gasteiger partial charge in [-0.25, -0.2) is 0 Å². The molecule has 12 heavy (non-hydrogen) atoms. The largest absolute Gasteiger partial charge is 0.333 e. The summed E-state index contributed by atoms with van der Waals surface area (Å²) < 4.78 is 0. The number of thiol groups is 1. The molecule has 0 aliphatic carbocycles. The van der Waals surface area contributed by atoms with Crippen LogP contribution in [-0.2, 0) is 6.54 Å². The Bertz CT molecular complexity index is 263. The van der Waals surface area contributed by atoms with Gasteiger partial charge in [0, 0.05) is 26.0 Å². The Morgan fingerprint density at radius 1 is 1.58 bits per heavy atom. The predicted octanol–water partition coefficient (Wildman–Crippen LogP) is 1.56. The Morgan fingerprint density at radius 3 is 2.67 bits per heavy atom. The summed E-state index contributed by atoms with van der Waals surface area (Å²) in [6.45, 7) is 0.574. The molecule has 0 saturated carbocycles. The maximum atomic E-state index is 10.7. The quantitative estimate of drug-likeness (QED) is 0.704. The van der Waals surface area contributed by atoms with Gasteiger partial charge in [-0.3, -0.25) is 9.78 Å². The van der Waals surface area contributed by atoms with E-state index in [0.717, 1.165) is 5.56 Å². The van der Waals surface area contributed by atoms with Crippen LogP contribution in [0.1, 0.15) is 5.56 Å². The van der Waals surface area contributed by atoms with E-state index >= 15 is 0 Å². The van der Waals surface area contributed by atoms with E-state index in [1.165, 1.54) is 4.90 Å². The van der Waals surface area contributed by atoms with Gasteiger partial charge in [0.2, 0.25) is 0 Å². The number of hydrogen-bond donors (Lipinski definition) is 1. The second kappa shape index (κ2) is 4.11. The van der Waals surface area contributed by atoms with Gasteiger partial charge in [-0.2, -0.15) is 0 Å². The van der Waals surface area contributed by atoms with Crippen LogP contribution in [0, 0.1) is 0 Å². The minimum absolute atomic E-state index is 0.230. The molecule has 0 aliphatic heterocycles. The van der Waals surface area contributed by atoms with Crippen molar-refractivity contribution < 1.29 is 4.79 Å². The minimum Gasteiger partial charge on any atom is -0.333 e. The molecule has 0 saturated heterocycles. The third kappa shape index (κ3) is 2.54. The number of carbonyl (C=O) groups excluding carboxylic acids is 1. The van der Waals surface area contributed by atoms with Crippen molar-refractivity contribution in [1.29, 1.82) is 0 Å². The van der Waals surface area contributed by atoms with Crippen molar-refractivity contribution in [1.82, 2.24) is 9.88 Å². The fourth-order valence-electron chi connectivity index (χ4n) is 0.830. The lowest BCUT2D eigenvalue weighted by Gasteiger charge is -2.13. The van der Waals surface area contributed by atoms with Gasteiger partial charge in [-0.1, -0.05) is 12.6 Å². The maximum absolute atomic E-state index is 10.7. The lowest BCUT2D eigenvalue weighted by molar-refractivity contribution is 0.232. The number of rotatable bonds is 2. The molecule has 0 atom stereocenters. The zero-order chi connectivity index (χ0) is 8.97. The standard InChI is InChI=1S/C8H10N2OS/c1-10(8(11)12)6-7-2-4-9-5-3-7/h2-5H,6H2,1H3,(H,11,12). The van der Waals surface area contributed by atoms with Crippen molar-refractivity contribution in [2.75, 3.05) is 7.05 Å². The summed E-state index contributed by atoms with van der Waals surface area (Å²) in [4.78, 5) is 16.1. The molecular formula is C8H10N2OS. The molecule has 1 amide bonds. The highest BCUT2D eigenvalue weighted by Crippen LogP contribution is 2.02. The fraction of sp³-hybridized carbons (Fsp3) is 0.250. The lowest BCUT2D eigenvalue weighted by atomic mass is 10.2. The monoisotopic (exact) mass is 182 g/mol. The van der Waals surface area contributed by atoms with Crippen LogP contribution in [-0.4, -0.2) is 22.2 Å². The number of hydrogen-bond acceptors (Lipinski definition) is 2. The topological polar surface area (TPSA) is 33.2 Å². The Labute approximate surface area is 76.8 Å². The SMILES string of the molecule is CN(Cc1ccncc1)C(=O)S. The number of amides is 1. The summed E-state index contributed by atoms with van der Waals surface area (Å²) in [7, 11) is 1.70. The van der Waals surface area contributed by atoms with Crippen LogP contribution in [0.3, 0.4) is 0 Å². The zero-order valence-corrected chi connectivity index (χ0v) is 7.66. The smallest absolute Gasteiger partial charge is 0.278 e. The average Bonchev–Trinajstić information content (AvgIpc) is 2.06. The van der Waals surface area contributed by atoms with Crippen LogP contribution in [0.2, 0.25) is 0 Å². The van der Waals surface area contributed by atoms with Crippen LogP contribution < -0.4 is 0 Å². The van der Waals surface area contributed by atoms with Gasteiger partial charge in [0.05, 0.1) is 0 Å². The second-order valence-electron chi connectivity index (χ2n) is 2.49. The molecule has 1 rings (SSSR count). The molecule has 0 bridgehead atoms. The average molecular weight is 182 g/mol. The molecule has 0 spiro atoms. The zero-order valence-electron chi connectivity index (χ0n) is 6.77. The first kappa shape index (κ1) is 9.06. The van der Waals surface area contributed by atoms with E-state index in [-0.39, 0.29) is 5.24 Å². The van der Waals surface area contributed by atoms with Gasteiger partial charge in [0.25, 0.3) is 5.24 Å². The minimum atomic E-state index is -0.230. The van der Waals surface area contributed by atoms with Crippen molar-refractivity contribution >= 4 is 17.9 Å². The fourth-order valence-corrected chi connectivity index (χ4v) is 0.900. The third-order valence-electron chi connectivity index (χ3n) is 1.50. The Kier molecular flexibility index (Phi) is 3.10. The number of pyridine rings is 1. The van der Waals surface area contributed by atoms with Crippen molar-refractivity contribution in [3.05, 3.63) is 30.1 Å². The van der Waals surface area contributed by atoms with E-state index < -0.39 is 0 Å². The highest BCUT2D eigenvalue weighted by molar-refractivity contribution is 7.96. The van der Waals surface area contributed by atoms with Crippen LogP contribution in [0.15, 0.2) is 24.5 Å². The number of aromatic nitrogens is 1. The molecule has 64 valence electrons. The summed E-state index contributed by atoms with van der Waals surface area (Å²) in [5, 5.41) is -0.230. The van der Waals surface area contributed by atoms with E-state index in [1.54, 1.807) is 19.4 Å². The molecule has 0 radical (unpaired) electrons. The second-order valence-corrected chi connectivity index (χ2v) is 2.88. The van der Waals surface area contributed by atoms with Crippen molar-refractivity contribution in [2.24, 2.45) is 0 Å². The molecule has 0 unspecified atom stereocenters. The van der Waals surface area contributed by atoms with E-state index in [9.17, 15) is 4.79 Å². The molecule has 1 aromatic heterocycles. The number of nitrogens with zero attached hydrogens (tertiary/aromatic N) is 2. The Balaban J connectivity index is 2.58. The van der Waals surface area contributed by atoms with Crippen molar-refractivity contribution in [3.8, 4) is 0 Å². The van der Waals surface area contributed by atoms with E-state index in [1.807, 2.05) is 12.1 Å². The molecule has 1 aromatic rings. The first-order valence-corrected chi connectivity index (χ1v) is 3.98. The van der Waals surface area contributed by atoms with Crippen LogP contribution >= 0.6 is 12.6 Å². The summed E-state index contributed by atoms with van der Waals surface area (Å²) in [5.74, 6) is 0. The maximum Gasteiger partial charge on any atom is 0.278 e. The van der Waals surface area contributed by atoms with Gasteiger partial charge >= 0.3 is 0 Å². The van der Waals surface area contributed by atoms with E-state index in [0.29, 0.717) is 6.54 Å². The van der Waals surface area contributed by atoms with Crippen LogP contribution in [0.25, 0.3) is 0 Å². The van der Waals surface area contributed by atoms with Gasteiger partial charge in [0.1, 0.15) is 0 Å². The molecule has 0 N–H and O–H groups in total. The summed E-state index contributed by atoms with van der Waals surface area (Å²) in [5.41, 5.74) is 1.05. The number of carbonyl (C=O) groups is 1. The molecular weight excluding hydrogens is 172 g/mol. The van der Waals surface area contributed by atoms with Gasteiger partial charge in [0.15, 0.2) is 0 Å². The van der Waals surface area contributed by atoms with Crippen molar-refractivity contribution in [2.45, 2.75) is 6.54 Å². The van der Waals surface area contributed by atoms with Crippen LogP contribution in [0.4, 0.5) is 4.79 Å². The Hall–Kier alpha value is -1.03. The third-order valence-corrected chi connectivity index (χ3v) is 1.84. The Morgan fingerprint density at radius 2 is 2.17 bits per heavy atom. The van der Waals surface area contributed by atoms with Crippen molar-refractivity contribution in [3.63, 3.8) is 0 Å². The summed E-state index contributed by atoms with van der Waals surface area (Å²) >= 11 is 3.69.